The number of carbonyl (C=O) groups excluding carboxylic acids is 1. The summed E-state index contributed by atoms with van der Waals surface area (Å²) in [6.45, 7) is 0. The lowest BCUT2D eigenvalue weighted by Crippen LogP contribution is -2.17. The molecule has 0 aromatic carbocycles. The molecule has 0 aliphatic carbocycles. The summed E-state index contributed by atoms with van der Waals surface area (Å²) in [6, 6.07) is 1.87. The summed E-state index contributed by atoms with van der Waals surface area (Å²) in [5.41, 5.74) is 7.05. The van der Waals surface area contributed by atoms with Gasteiger partial charge >= 0.3 is 0 Å². The number of aromatic nitrogens is 3. The summed E-state index contributed by atoms with van der Waals surface area (Å²) in [6.07, 6.45) is 5.15. The summed E-state index contributed by atoms with van der Waals surface area (Å²) in [5, 5.41) is 3.47. The Labute approximate surface area is 126 Å². The van der Waals surface area contributed by atoms with Crippen LogP contribution >= 0.6 is 23.4 Å². The molecule has 1 amide bonds. The molecule has 0 spiro atoms. The average molecular weight is 308 g/mol. The van der Waals surface area contributed by atoms with Gasteiger partial charge in [0, 0.05) is 6.20 Å². The lowest BCUT2D eigenvalue weighted by Gasteiger charge is -2.11. The van der Waals surface area contributed by atoms with E-state index in [1.807, 2.05) is 20.2 Å². The minimum atomic E-state index is -0.689. The molecule has 6 nitrogen and oxygen atoms in total. The van der Waals surface area contributed by atoms with Crippen molar-refractivity contribution in [1.82, 2.24) is 15.0 Å². The number of nitrogens with two attached hydrogens (primary N) is 1. The van der Waals surface area contributed by atoms with Crippen LogP contribution in [0.5, 0.6) is 0 Å². The van der Waals surface area contributed by atoms with Gasteiger partial charge in [-0.05, 0) is 12.3 Å². The molecule has 0 aliphatic rings. The number of pyridine rings is 1. The van der Waals surface area contributed by atoms with E-state index in [9.17, 15) is 4.79 Å². The van der Waals surface area contributed by atoms with Gasteiger partial charge in [-0.15, -0.1) is 0 Å². The summed E-state index contributed by atoms with van der Waals surface area (Å²) in [4.78, 5) is 23.8. The molecule has 2 aromatic heterocycles. The van der Waals surface area contributed by atoms with Gasteiger partial charge in [-0.2, -0.15) is 0 Å². The predicted molar refractivity (Wildman–Crippen MR) is 83.0 cm³/mol. The fourth-order valence-corrected chi connectivity index (χ4v) is 2.25. The zero-order valence-corrected chi connectivity index (χ0v) is 12.4. The van der Waals surface area contributed by atoms with Crippen LogP contribution in [-0.2, 0) is 0 Å². The Kier molecular flexibility index (Phi) is 4.46. The summed E-state index contributed by atoms with van der Waals surface area (Å²) < 4.78 is 0. The summed E-state index contributed by atoms with van der Waals surface area (Å²) in [5.74, 6) is -0.417. The molecular weight excluding hydrogens is 296 g/mol. The van der Waals surface area contributed by atoms with Crippen LogP contribution in [0.3, 0.4) is 0 Å². The van der Waals surface area contributed by atoms with Gasteiger partial charge in [0.25, 0.3) is 5.91 Å². The molecule has 0 atom stereocenters. The van der Waals surface area contributed by atoms with Crippen LogP contribution in [0, 0.1) is 0 Å². The van der Waals surface area contributed by atoms with E-state index in [4.69, 9.17) is 17.3 Å². The zero-order valence-electron chi connectivity index (χ0n) is 10.8. The van der Waals surface area contributed by atoms with Crippen LogP contribution in [0.2, 0.25) is 5.15 Å². The van der Waals surface area contributed by atoms with E-state index in [2.05, 4.69) is 20.3 Å². The second-order valence-corrected chi connectivity index (χ2v) is 5.10. The molecule has 9 heteroatoms. The third-order valence-corrected chi connectivity index (χ3v) is 3.23. The van der Waals surface area contributed by atoms with Gasteiger partial charge in [0.05, 0.1) is 11.9 Å². The molecule has 0 unspecified atom stereocenters. The monoisotopic (exact) mass is 307 g/mol. The maximum absolute atomic E-state index is 11.5. The van der Waals surface area contributed by atoms with Crippen molar-refractivity contribution < 1.29 is 4.79 Å². The Morgan fingerprint density at radius 3 is 2.80 bits per heavy atom. The Bertz CT molecular complexity index is 669. The molecule has 2 aromatic rings. The van der Waals surface area contributed by atoms with Crippen molar-refractivity contribution in [2.75, 3.05) is 11.6 Å². The normalized spacial score (nSPS) is 10.3. The van der Waals surface area contributed by atoms with Crippen LogP contribution in [0.25, 0.3) is 0 Å². The molecular formula is C11H11BClN5OS. The van der Waals surface area contributed by atoms with E-state index in [1.165, 1.54) is 11.8 Å². The first-order chi connectivity index (χ1) is 9.51. The highest BCUT2D eigenvalue weighted by atomic mass is 35.5. The third-order valence-electron chi connectivity index (χ3n) is 2.41. The number of hydrogen-bond donors (Lipinski definition) is 2. The Morgan fingerprint density at radius 1 is 1.45 bits per heavy atom. The van der Waals surface area contributed by atoms with Crippen molar-refractivity contribution >= 4 is 54.1 Å². The van der Waals surface area contributed by atoms with E-state index in [0.29, 0.717) is 10.8 Å². The van der Waals surface area contributed by atoms with Crippen molar-refractivity contribution in [2.24, 2.45) is 5.73 Å². The molecule has 0 saturated heterocycles. The lowest BCUT2D eigenvalue weighted by atomic mass is 9.99. The van der Waals surface area contributed by atoms with Crippen molar-refractivity contribution in [1.29, 1.82) is 0 Å². The molecule has 3 N–H and O–H groups in total. The van der Waals surface area contributed by atoms with Gasteiger partial charge in [0.2, 0.25) is 0 Å². The Hall–Kier alpha value is -1.80. The number of primary amides is 1. The molecule has 102 valence electrons. The first kappa shape index (κ1) is 14.6. The van der Waals surface area contributed by atoms with E-state index < -0.39 is 5.91 Å². The lowest BCUT2D eigenvalue weighted by molar-refractivity contribution is 0.100. The first-order valence-electron chi connectivity index (χ1n) is 5.61. The highest BCUT2D eigenvalue weighted by molar-refractivity contribution is 7.98. The van der Waals surface area contributed by atoms with Crippen molar-refractivity contribution in [2.45, 2.75) is 5.16 Å². The Morgan fingerprint density at radius 2 is 2.20 bits per heavy atom. The number of amides is 1. The van der Waals surface area contributed by atoms with Crippen LogP contribution in [0.4, 0.5) is 11.5 Å². The van der Waals surface area contributed by atoms with Gasteiger partial charge in [0.15, 0.2) is 5.16 Å². The molecule has 0 aliphatic heterocycles. The number of carbonyl (C=O) groups is 1. The number of nitrogens with zero attached hydrogens (tertiary/aromatic N) is 3. The van der Waals surface area contributed by atoms with Crippen molar-refractivity contribution in [3.8, 4) is 0 Å². The smallest absolute Gasteiger partial charge is 0.255 e. The van der Waals surface area contributed by atoms with Crippen LogP contribution in [-0.4, -0.2) is 35.0 Å². The quantitative estimate of drug-likeness (QED) is 0.366. The molecule has 20 heavy (non-hydrogen) atoms. The number of halogens is 1. The van der Waals surface area contributed by atoms with E-state index in [-0.39, 0.29) is 16.5 Å². The maximum Gasteiger partial charge on any atom is 0.255 e. The van der Waals surface area contributed by atoms with Gasteiger partial charge in [-0.3, -0.25) is 9.78 Å². The standard InChI is InChI=1S/C11H11BClN5OS/c1-20-11-17-8(13)7(9(14)19)10(18-11)16-6-2-5(12)3-15-4-6/h2-4H,12H2,1H3,(H2,14,19)(H,16,17,18). The second-order valence-electron chi connectivity index (χ2n) is 3.96. The highest BCUT2D eigenvalue weighted by Crippen LogP contribution is 2.26. The average Bonchev–Trinajstić information content (AvgIpc) is 2.37. The number of rotatable bonds is 4. The van der Waals surface area contributed by atoms with Gasteiger partial charge in [-0.25, -0.2) is 9.97 Å². The molecule has 2 heterocycles. The van der Waals surface area contributed by atoms with Gasteiger partial charge in [0.1, 0.15) is 24.4 Å². The number of anilines is 2. The molecule has 0 fully saturated rings. The van der Waals surface area contributed by atoms with Crippen molar-refractivity contribution in [3.63, 3.8) is 0 Å². The summed E-state index contributed by atoms with van der Waals surface area (Å²) >= 11 is 7.30. The van der Waals surface area contributed by atoms with Crippen LogP contribution in [0.1, 0.15) is 10.4 Å². The molecule has 0 radical (unpaired) electrons. The van der Waals surface area contributed by atoms with Crippen molar-refractivity contribution in [3.05, 3.63) is 29.2 Å². The summed E-state index contributed by atoms with van der Waals surface area (Å²) in [7, 11) is 1.91. The number of hydrogen-bond acceptors (Lipinski definition) is 6. The Balaban J connectivity index is 2.48. The van der Waals surface area contributed by atoms with Crippen LogP contribution < -0.4 is 16.5 Å². The first-order valence-corrected chi connectivity index (χ1v) is 7.21. The van der Waals surface area contributed by atoms with E-state index >= 15 is 0 Å². The van der Waals surface area contributed by atoms with Gasteiger partial charge < -0.3 is 11.1 Å². The number of thioether (sulfide) groups is 1. The van der Waals surface area contributed by atoms with Gasteiger partial charge in [-0.1, -0.05) is 28.8 Å². The second kappa shape index (κ2) is 6.10. The predicted octanol–water partition coefficient (Wildman–Crippen LogP) is 0.348. The van der Waals surface area contributed by atoms with Crippen LogP contribution in [0.15, 0.2) is 23.6 Å². The highest BCUT2D eigenvalue weighted by Gasteiger charge is 2.18. The SMILES string of the molecule is Bc1cncc(Nc2nc(SC)nc(Cl)c2C(N)=O)c1. The largest absolute Gasteiger partial charge is 0.365 e. The fraction of sp³-hybridized carbons (Fsp3) is 0.0909. The topological polar surface area (TPSA) is 93.8 Å². The minimum Gasteiger partial charge on any atom is -0.365 e. The van der Waals surface area contributed by atoms with E-state index in [0.717, 1.165) is 5.46 Å². The fourth-order valence-electron chi connectivity index (χ4n) is 1.57. The minimum absolute atomic E-state index is 0.0277. The van der Waals surface area contributed by atoms with E-state index in [1.54, 1.807) is 12.4 Å². The zero-order chi connectivity index (χ0) is 14.7. The number of nitrogens with one attached hydrogen (secondary N) is 1. The molecule has 0 saturated carbocycles. The maximum atomic E-state index is 11.5. The third kappa shape index (κ3) is 3.20. The molecule has 2 rings (SSSR count). The molecule has 0 bridgehead atoms.